The summed E-state index contributed by atoms with van der Waals surface area (Å²) in [6, 6.07) is 14.8. The van der Waals surface area contributed by atoms with Gasteiger partial charge in [-0.15, -0.1) is 5.10 Å². The number of ether oxygens (including phenoxy) is 1. The molecular formula is C17H17N5O2. The highest BCUT2D eigenvalue weighted by Gasteiger charge is 2.14. The molecule has 24 heavy (non-hydrogen) atoms. The Labute approximate surface area is 139 Å². The summed E-state index contributed by atoms with van der Waals surface area (Å²) in [4.78, 5) is 12.2. The lowest BCUT2D eigenvalue weighted by molar-refractivity contribution is -0.122. The molecule has 0 fully saturated rings. The first-order valence-corrected chi connectivity index (χ1v) is 7.49. The average Bonchev–Trinajstić information content (AvgIpc) is 3.12. The van der Waals surface area contributed by atoms with Crippen molar-refractivity contribution in [1.82, 2.24) is 20.2 Å². The van der Waals surface area contributed by atoms with Crippen LogP contribution in [0.2, 0.25) is 0 Å². The van der Waals surface area contributed by atoms with Crippen LogP contribution in [0.15, 0.2) is 54.9 Å². The minimum Gasteiger partial charge on any atom is -0.481 e. The Hall–Kier alpha value is -3.22. The van der Waals surface area contributed by atoms with Gasteiger partial charge in [-0.3, -0.25) is 4.79 Å². The number of hydrogen-bond acceptors (Lipinski definition) is 5. The summed E-state index contributed by atoms with van der Waals surface area (Å²) in [5, 5.41) is 13.8. The number of nitrogens with one attached hydrogen (secondary N) is 1. The third-order valence-corrected chi connectivity index (χ3v) is 3.45. The van der Waals surface area contributed by atoms with E-state index in [0.717, 1.165) is 11.3 Å². The maximum Gasteiger partial charge on any atom is 0.265 e. The van der Waals surface area contributed by atoms with Gasteiger partial charge in [-0.1, -0.05) is 17.7 Å². The van der Waals surface area contributed by atoms with Crippen LogP contribution in [-0.4, -0.2) is 32.2 Å². The molecule has 0 aliphatic carbocycles. The van der Waals surface area contributed by atoms with Crippen molar-refractivity contribution >= 4 is 11.6 Å². The lowest BCUT2D eigenvalue weighted by atomic mass is 10.2. The molecule has 0 saturated carbocycles. The molecular weight excluding hydrogens is 306 g/mol. The summed E-state index contributed by atoms with van der Waals surface area (Å²) in [6.45, 7) is 3.71. The molecule has 0 saturated heterocycles. The number of nitrogens with zero attached hydrogens (tertiary/aromatic N) is 4. The van der Waals surface area contributed by atoms with Gasteiger partial charge in [0.2, 0.25) is 0 Å². The van der Waals surface area contributed by atoms with Gasteiger partial charge in [0.05, 0.1) is 5.69 Å². The van der Waals surface area contributed by atoms with Gasteiger partial charge >= 0.3 is 0 Å². The third-order valence-electron chi connectivity index (χ3n) is 3.45. The predicted molar refractivity (Wildman–Crippen MR) is 89.1 cm³/mol. The number of benzene rings is 2. The minimum absolute atomic E-state index is 0.217. The fraction of sp³-hybridized carbons (Fsp3) is 0.176. The summed E-state index contributed by atoms with van der Waals surface area (Å²) in [5.74, 6) is 0.447. The second-order valence-corrected chi connectivity index (χ2v) is 5.36. The second kappa shape index (κ2) is 6.91. The summed E-state index contributed by atoms with van der Waals surface area (Å²) in [5.41, 5.74) is 2.63. The van der Waals surface area contributed by atoms with E-state index in [-0.39, 0.29) is 5.91 Å². The Bertz CT molecular complexity index is 798. The van der Waals surface area contributed by atoms with Crippen LogP contribution in [-0.2, 0) is 4.79 Å². The zero-order valence-corrected chi connectivity index (χ0v) is 13.4. The molecule has 0 radical (unpaired) electrons. The summed E-state index contributed by atoms with van der Waals surface area (Å²) in [6.07, 6.45) is 0.900. The summed E-state index contributed by atoms with van der Waals surface area (Å²) in [7, 11) is 0. The number of aromatic nitrogens is 4. The molecule has 1 amide bonds. The topological polar surface area (TPSA) is 81.9 Å². The van der Waals surface area contributed by atoms with Crippen molar-refractivity contribution in [3.05, 3.63) is 60.4 Å². The van der Waals surface area contributed by atoms with E-state index < -0.39 is 6.10 Å². The summed E-state index contributed by atoms with van der Waals surface area (Å²) >= 11 is 0. The molecule has 1 unspecified atom stereocenters. The molecule has 1 aromatic heterocycles. The fourth-order valence-corrected chi connectivity index (χ4v) is 2.10. The van der Waals surface area contributed by atoms with Gasteiger partial charge in [0.1, 0.15) is 12.1 Å². The lowest BCUT2D eigenvalue weighted by Crippen LogP contribution is -2.30. The van der Waals surface area contributed by atoms with Crippen LogP contribution in [0.5, 0.6) is 5.75 Å². The maximum atomic E-state index is 12.2. The third kappa shape index (κ3) is 3.75. The Balaban J connectivity index is 1.60. The van der Waals surface area contributed by atoms with E-state index in [0.29, 0.717) is 11.4 Å². The molecule has 1 heterocycles. The highest BCUT2D eigenvalue weighted by Crippen LogP contribution is 2.15. The smallest absolute Gasteiger partial charge is 0.265 e. The van der Waals surface area contributed by atoms with E-state index in [1.54, 1.807) is 19.1 Å². The highest BCUT2D eigenvalue weighted by molar-refractivity contribution is 5.94. The number of carbonyl (C=O) groups excluding carboxylic acids is 1. The number of carbonyl (C=O) groups is 1. The van der Waals surface area contributed by atoms with E-state index in [1.807, 2.05) is 43.3 Å². The molecule has 7 heteroatoms. The number of tetrazole rings is 1. The van der Waals surface area contributed by atoms with Gasteiger partial charge in [0, 0.05) is 5.69 Å². The van der Waals surface area contributed by atoms with Crippen LogP contribution in [0.1, 0.15) is 12.5 Å². The molecule has 1 N–H and O–H groups in total. The van der Waals surface area contributed by atoms with Crippen molar-refractivity contribution in [2.24, 2.45) is 0 Å². The molecule has 3 aromatic rings. The Morgan fingerprint density at radius 2 is 1.83 bits per heavy atom. The van der Waals surface area contributed by atoms with E-state index in [9.17, 15) is 4.79 Å². The lowest BCUT2D eigenvalue weighted by Gasteiger charge is -2.15. The monoisotopic (exact) mass is 323 g/mol. The van der Waals surface area contributed by atoms with E-state index in [1.165, 1.54) is 11.0 Å². The van der Waals surface area contributed by atoms with Crippen LogP contribution < -0.4 is 10.1 Å². The number of hydrogen-bond donors (Lipinski definition) is 1. The van der Waals surface area contributed by atoms with Crippen LogP contribution in [0, 0.1) is 6.92 Å². The van der Waals surface area contributed by atoms with Crippen molar-refractivity contribution in [3.63, 3.8) is 0 Å². The Morgan fingerprint density at radius 1 is 1.12 bits per heavy atom. The highest BCUT2D eigenvalue weighted by atomic mass is 16.5. The van der Waals surface area contributed by atoms with E-state index >= 15 is 0 Å². The van der Waals surface area contributed by atoms with E-state index in [2.05, 4.69) is 20.8 Å². The minimum atomic E-state index is -0.605. The zero-order chi connectivity index (χ0) is 16.9. The fourth-order valence-electron chi connectivity index (χ4n) is 2.10. The first-order valence-electron chi connectivity index (χ1n) is 7.49. The van der Waals surface area contributed by atoms with Gasteiger partial charge in [-0.25, -0.2) is 4.68 Å². The van der Waals surface area contributed by atoms with Crippen molar-refractivity contribution in [1.29, 1.82) is 0 Å². The predicted octanol–water partition coefficient (Wildman–Crippen LogP) is 2.38. The molecule has 7 nitrogen and oxygen atoms in total. The number of amides is 1. The SMILES string of the molecule is Cc1ccc(OC(C)C(=O)Nc2ccc(-n3cnnn3)cc2)cc1. The molecule has 0 bridgehead atoms. The van der Waals surface area contributed by atoms with Crippen molar-refractivity contribution in [2.75, 3.05) is 5.32 Å². The van der Waals surface area contributed by atoms with Crippen molar-refractivity contribution in [2.45, 2.75) is 20.0 Å². The quantitative estimate of drug-likeness (QED) is 0.779. The molecule has 0 spiro atoms. The van der Waals surface area contributed by atoms with Crippen molar-refractivity contribution in [3.8, 4) is 11.4 Å². The first-order chi connectivity index (χ1) is 11.6. The van der Waals surface area contributed by atoms with Crippen LogP contribution in [0.25, 0.3) is 5.69 Å². The molecule has 1 atom stereocenters. The number of rotatable bonds is 5. The van der Waals surface area contributed by atoms with Crippen molar-refractivity contribution < 1.29 is 9.53 Å². The molecule has 0 aliphatic heterocycles. The average molecular weight is 323 g/mol. The van der Waals surface area contributed by atoms with Gasteiger partial charge < -0.3 is 10.1 Å². The largest absolute Gasteiger partial charge is 0.481 e. The summed E-state index contributed by atoms with van der Waals surface area (Å²) < 4.78 is 7.18. The number of aryl methyl sites for hydroxylation is 1. The number of anilines is 1. The van der Waals surface area contributed by atoms with Gasteiger partial charge in [0.15, 0.2) is 6.10 Å². The molecule has 122 valence electrons. The van der Waals surface area contributed by atoms with Gasteiger partial charge in [-0.05, 0) is 60.7 Å². The van der Waals surface area contributed by atoms with Crippen LogP contribution in [0.3, 0.4) is 0 Å². The molecule has 0 aliphatic rings. The normalized spacial score (nSPS) is 11.8. The first kappa shape index (κ1) is 15.7. The Kier molecular flexibility index (Phi) is 4.51. The van der Waals surface area contributed by atoms with Gasteiger partial charge in [0.25, 0.3) is 5.91 Å². The van der Waals surface area contributed by atoms with E-state index in [4.69, 9.17) is 4.74 Å². The van der Waals surface area contributed by atoms with Crippen LogP contribution in [0.4, 0.5) is 5.69 Å². The van der Waals surface area contributed by atoms with Gasteiger partial charge in [-0.2, -0.15) is 0 Å². The van der Waals surface area contributed by atoms with Crippen LogP contribution >= 0.6 is 0 Å². The standard InChI is InChI=1S/C17H17N5O2/c1-12-3-9-16(10-4-12)24-13(2)17(23)19-14-5-7-15(8-6-14)22-11-18-20-21-22/h3-11,13H,1-2H3,(H,19,23). The molecule has 3 rings (SSSR count). The zero-order valence-electron chi connectivity index (χ0n) is 13.4. The molecule has 2 aromatic carbocycles. The second-order valence-electron chi connectivity index (χ2n) is 5.36. The Morgan fingerprint density at radius 3 is 2.46 bits per heavy atom. The maximum absolute atomic E-state index is 12.2.